The highest BCUT2D eigenvalue weighted by Gasteiger charge is 2.21. The van der Waals surface area contributed by atoms with Crippen LogP contribution >= 0.6 is 0 Å². The lowest BCUT2D eigenvalue weighted by Crippen LogP contribution is -3.15. The predicted molar refractivity (Wildman–Crippen MR) is 122 cm³/mol. The number of piperazine rings is 1. The van der Waals surface area contributed by atoms with Gasteiger partial charge in [0.2, 0.25) is 10.0 Å². The van der Waals surface area contributed by atoms with Crippen molar-refractivity contribution in [1.82, 2.24) is 9.29 Å². The highest BCUT2D eigenvalue weighted by Crippen LogP contribution is 2.19. The van der Waals surface area contributed by atoms with E-state index in [9.17, 15) is 13.2 Å². The molecule has 1 aliphatic heterocycles. The van der Waals surface area contributed by atoms with Crippen molar-refractivity contribution in [2.45, 2.75) is 11.3 Å². The van der Waals surface area contributed by atoms with E-state index in [1.165, 1.54) is 27.3 Å². The minimum atomic E-state index is -3.66. The summed E-state index contributed by atoms with van der Waals surface area (Å²) in [4.78, 5) is 15.5. The number of methoxy groups -OCH3 is 1. The highest BCUT2D eigenvalue weighted by atomic mass is 32.2. The van der Waals surface area contributed by atoms with Crippen LogP contribution in [0.5, 0.6) is 5.75 Å². The lowest BCUT2D eigenvalue weighted by molar-refractivity contribution is -0.900. The second kappa shape index (κ2) is 9.35. The van der Waals surface area contributed by atoms with Crippen molar-refractivity contribution in [3.63, 3.8) is 0 Å². The number of hydrogen-bond acceptors (Lipinski definition) is 6. The highest BCUT2D eigenvalue weighted by molar-refractivity contribution is 7.89. The minimum absolute atomic E-state index is 0.0970. The van der Waals surface area contributed by atoms with Crippen LogP contribution in [0.15, 0.2) is 56.6 Å². The average molecular weight is 462 g/mol. The molecule has 10 heteroatoms. The molecule has 2 heterocycles. The standard InChI is InChI=1S/C22H28N4O5S/c1-24-20-9-8-19(16-21(20)31-22(24)27)32(28,29)23-10-3-11-25-12-14-26(15-13-25)17-4-6-18(30-2)7-5-17/h4-9,16,23H,3,10-15H2,1-2H3/p+1. The van der Waals surface area contributed by atoms with E-state index in [0.717, 1.165) is 44.9 Å². The van der Waals surface area contributed by atoms with Crippen LogP contribution in [0, 0.1) is 0 Å². The first-order valence-electron chi connectivity index (χ1n) is 10.7. The molecular formula is C22H29N4O5S+. The summed E-state index contributed by atoms with van der Waals surface area (Å²) in [5.41, 5.74) is 2.02. The van der Waals surface area contributed by atoms with Gasteiger partial charge in [0, 0.05) is 31.8 Å². The lowest BCUT2D eigenvalue weighted by atomic mass is 10.2. The topological polar surface area (TPSA) is 98.2 Å². The third-order valence-corrected chi connectivity index (χ3v) is 7.44. The van der Waals surface area contributed by atoms with E-state index in [2.05, 4.69) is 21.8 Å². The fourth-order valence-corrected chi connectivity index (χ4v) is 5.12. The van der Waals surface area contributed by atoms with Crippen molar-refractivity contribution in [3.05, 3.63) is 53.0 Å². The van der Waals surface area contributed by atoms with Crippen molar-refractivity contribution in [3.8, 4) is 5.75 Å². The summed E-state index contributed by atoms with van der Waals surface area (Å²) in [6, 6.07) is 12.6. The van der Waals surface area contributed by atoms with Crippen LogP contribution in [-0.2, 0) is 17.1 Å². The van der Waals surface area contributed by atoms with E-state index < -0.39 is 15.8 Å². The van der Waals surface area contributed by atoms with Crippen LogP contribution in [0.4, 0.5) is 5.69 Å². The second-order valence-corrected chi connectivity index (χ2v) is 9.76. The summed E-state index contributed by atoms with van der Waals surface area (Å²) in [6.45, 7) is 5.24. The molecule has 0 atom stereocenters. The number of fused-ring (bicyclic) bond motifs is 1. The average Bonchev–Trinajstić information content (AvgIpc) is 3.10. The summed E-state index contributed by atoms with van der Waals surface area (Å²) in [7, 11) is -0.410. The van der Waals surface area contributed by atoms with Crippen molar-refractivity contribution in [2.24, 2.45) is 7.05 Å². The van der Waals surface area contributed by atoms with Gasteiger partial charge in [0.15, 0.2) is 5.58 Å². The number of rotatable bonds is 8. The molecule has 0 amide bonds. The SMILES string of the molecule is COc1ccc(N2CC[NH+](CCCNS(=O)(=O)c3ccc4c(c3)oc(=O)n4C)CC2)cc1. The molecule has 1 aromatic heterocycles. The molecular weight excluding hydrogens is 432 g/mol. The van der Waals surface area contributed by atoms with E-state index in [4.69, 9.17) is 9.15 Å². The molecule has 4 rings (SSSR count). The second-order valence-electron chi connectivity index (χ2n) is 7.99. The number of aryl methyl sites for hydroxylation is 1. The minimum Gasteiger partial charge on any atom is -0.497 e. The maximum atomic E-state index is 12.6. The third kappa shape index (κ3) is 4.82. The molecule has 2 N–H and O–H groups in total. The van der Waals surface area contributed by atoms with Crippen LogP contribution in [-0.4, -0.2) is 59.4 Å². The van der Waals surface area contributed by atoms with Gasteiger partial charge in [0.1, 0.15) is 5.75 Å². The molecule has 9 nitrogen and oxygen atoms in total. The molecule has 3 aromatic rings. The first kappa shape index (κ1) is 22.4. The number of aromatic nitrogens is 1. The first-order chi connectivity index (χ1) is 15.4. The number of benzene rings is 2. The summed E-state index contributed by atoms with van der Waals surface area (Å²) in [5.74, 6) is 0.339. The van der Waals surface area contributed by atoms with Crippen LogP contribution in [0.3, 0.4) is 0 Å². The molecule has 0 unspecified atom stereocenters. The number of ether oxygens (including phenoxy) is 1. The van der Waals surface area contributed by atoms with Crippen LogP contribution in [0.25, 0.3) is 11.1 Å². The molecule has 0 radical (unpaired) electrons. The Kier molecular flexibility index (Phi) is 6.54. The fraction of sp³-hybridized carbons (Fsp3) is 0.409. The Morgan fingerprint density at radius 2 is 1.84 bits per heavy atom. The van der Waals surface area contributed by atoms with Gasteiger partial charge in [-0.05, 0) is 36.4 Å². The smallest absolute Gasteiger partial charge is 0.419 e. The number of hydrogen-bond donors (Lipinski definition) is 2. The first-order valence-corrected chi connectivity index (χ1v) is 12.2. The number of sulfonamides is 1. The lowest BCUT2D eigenvalue weighted by Gasteiger charge is -2.33. The predicted octanol–water partition coefficient (Wildman–Crippen LogP) is 0.214. The fourth-order valence-electron chi connectivity index (χ4n) is 4.03. The molecule has 1 aliphatic rings. The van der Waals surface area contributed by atoms with Crippen molar-refractivity contribution < 1.29 is 22.5 Å². The third-order valence-electron chi connectivity index (χ3n) is 5.98. The maximum Gasteiger partial charge on any atom is 0.419 e. The zero-order valence-electron chi connectivity index (χ0n) is 18.3. The Bertz CT molecular complexity index is 1230. The Morgan fingerprint density at radius 3 is 2.53 bits per heavy atom. The van der Waals surface area contributed by atoms with E-state index >= 15 is 0 Å². The molecule has 1 saturated heterocycles. The summed E-state index contributed by atoms with van der Waals surface area (Å²) >= 11 is 0. The summed E-state index contributed by atoms with van der Waals surface area (Å²) < 4.78 is 39.5. The number of quaternary nitrogens is 1. The zero-order valence-corrected chi connectivity index (χ0v) is 19.2. The van der Waals surface area contributed by atoms with Gasteiger partial charge >= 0.3 is 5.76 Å². The zero-order chi connectivity index (χ0) is 22.7. The van der Waals surface area contributed by atoms with Gasteiger partial charge in [-0.25, -0.2) is 17.9 Å². The molecule has 0 saturated carbocycles. The van der Waals surface area contributed by atoms with E-state index in [-0.39, 0.29) is 10.5 Å². The molecule has 0 spiro atoms. The van der Waals surface area contributed by atoms with Crippen molar-refractivity contribution in [2.75, 3.05) is 51.3 Å². The monoisotopic (exact) mass is 461 g/mol. The Labute approximate surface area is 187 Å². The number of nitrogens with one attached hydrogen (secondary N) is 2. The van der Waals surface area contributed by atoms with Crippen molar-refractivity contribution in [1.29, 1.82) is 0 Å². The van der Waals surface area contributed by atoms with Gasteiger partial charge in [-0.15, -0.1) is 0 Å². The number of oxazole rings is 1. The van der Waals surface area contributed by atoms with Gasteiger partial charge in [0.05, 0.1) is 50.2 Å². The Hall–Kier alpha value is -2.82. The molecule has 0 aliphatic carbocycles. The maximum absolute atomic E-state index is 12.6. The normalized spacial score (nSPS) is 15.4. The molecule has 0 bridgehead atoms. The number of anilines is 1. The van der Waals surface area contributed by atoms with Gasteiger partial charge < -0.3 is 19.0 Å². The van der Waals surface area contributed by atoms with Crippen LogP contribution in [0.1, 0.15) is 6.42 Å². The van der Waals surface area contributed by atoms with Gasteiger partial charge in [-0.1, -0.05) is 0 Å². The largest absolute Gasteiger partial charge is 0.497 e. The molecule has 172 valence electrons. The van der Waals surface area contributed by atoms with Crippen molar-refractivity contribution >= 4 is 26.8 Å². The molecule has 1 fully saturated rings. The number of nitrogens with zero attached hydrogens (tertiary/aromatic N) is 2. The van der Waals surface area contributed by atoms with E-state index in [1.54, 1.807) is 20.2 Å². The summed E-state index contributed by atoms with van der Waals surface area (Å²) in [5, 5.41) is 0. The van der Waals surface area contributed by atoms with Gasteiger partial charge in [-0.3, -0.25) is 4.57 Å². The van der Waals surface area contributed by atoms with Gasteiger partial charge in [0.25, 0.3) is 0 Å². The van der Waals surface area contributed by atoms with Gasteiger partial charge in [-0.2, -0.15) is 0 Å². The van der Waals surface area contributed by atoms with Crippen LogP contribution in [0.2, 0.25) is 0 Å². The Balaban J connectivity index is 1.24. The van der Waals surface area contributed by atoms with E-state index in [1.807, 2.05) is 12.1 Å². The van der Waals surface area contributed by atoms with E-state index in [0.29, 0.717) is 12.1 Å². The molecule has 32 heavy (non-hydrogen) atoms. The summed E-state index contributed by atoms with van der Waals surface area (Å²) in [6.07, 6.45) is 0.750. The van der Waals surface area contributed by atoms with Crippen LogP contribution < -0.4 is 25.0 Å². The quantitative estimate of drug-likeness (QED) is 0.466. The Morgan fingerprint density at radius 1 is 1.12 bits per heavy atom. The molecule has 2 aromatic carbocycles.